The Kier molecular flexibility index (Phi) is 6.42. The van der Waals surface area contributed by atoms with Crippen LogP contribution in [0.5, 0.6) is 0 Å². The molecule has 1 aliphatic carbocycles. The molecule has 0 aliphatic heterocycles. The Morgan fingerprint density at radius 2 is 1.91 bits per heavy atom. The van der Waals surface area contributed by atoms with Gasteiger partial charge in [0.1, 0.15) is 0 Å². The number of unbranched alkanes of at least 4 members (excludes halogenated alkanes) is 1. The minimum atomic E-state index is -0.704. The fraction of sp³-hybridized carbons (Fsp3) is 0.526. The summed E-state index contributed by atoms with van der Waals surface area (Å²) in [5.41, 5.74) is 7.69. The lowest BCUT2D eigenvalue weighted by Gasteiger charge is -2.33. The third kappa shape index (κ3) is 4.67. The van der Waals surface area contributed by atoms with Crippen LogP contribution in [0.25, 0.3) is 0 Å². The molecule has 126 valence electrons. The Morgan fingerprint density at radius 1 is 1.30 bits per heavy atom. The SMILES string of the molecule is C=C(CCCC)N(Cc1ccc(Br)cc1)C(=O)C1(N)CCCC1. The fourth-order valence-corrected chi connectivity index (χ4v) is 3.37. The molecule has 0 radical (unpaired) electrons. The molecule has 1 aliphatic rings. The maximum atomic E-state index is 13.1. The molecular weight excluding hydrogens is 352 g/mol. The normalized spacial score (nSPS) is 16.3. The number of hydrogen-bond donors (Lipinski definition) is 1. The molecule has 1 amide bonds. The van der Waals surface area contributed by atoms with Crippen molar-refractivity contribution in [2.24, 2.45) is 5.73 Å². The lowest BCUT2D eigenvalue weighted by atomic mass is 9.96. The van der Waals surface area contributed by atoms with Crippen molar-refractivity contribution < 1.29 is 4.79 Å². The quantitative estimate of drug-likeness (QED) is 0.743. The van der Waals surface area contributed by atoms with Gasteiger partial charge in [0.05, 0.1) is 12.1 Å². The number of nitrogens with zero attached hydrogens (tertiary/aromatic N) is 1. The molecule has 1 aromatic rings. The smallest absolute Gasteiger partial charge is 0.247 e. The summed E-state index contributed by atoms with van der Waals surface area (Å²) in [5.74, 6) is 0.0408. The van der Waals surface area contributed by atoms with Crippen LogP contribution in [0.15, 0.2) is 41.0 Å². The number of halogens is 1. The average Bonchev–Trinajstić information content (AvgIpc) is 2.99. The Bertz CT molecular complexity index is 547. The molecule has 0 aromatic heterocycles. The second kappa shape index (κ2) is 8.11. The highest BCUT2D eigenvalue weighted by Gasteiger charge is 2.40. The first kappa shape index (κ1) is 18.2. The van der Waals surface area contributed by atoms with Crippen molar-refractivity contribution in [3.8, 4) is 0 Å². The summed E-state index contributed by atoms with van der Waals surface area (Å²) in [5, 5.41) is 0. The zero-order chi connectivity index (χ0) is 16.9. The molecule has 0 atom stereocenters. The molecule has 0 bridgehead atoms. The second-order valence-electron chi connectivity index (χ2n) is 6.55. The van der Waals surface area contributed by atoms with Crippen LogP contribution >= 0.6 is 15.9 Å². The van der Waals surface area contributed by atoms with Crippen molar-refractivity contribution >= 4 is 21.8 Å². The standard InChI is InChI=1S/C19H27BrN2O/c1-3-4-7-15(2)22(14-16-8-10-17(20)11-9-16)18(23)19(21)12-5-6-13-19/h8-11H,2-7,12-14,21H2,1H3. The van der Waals surface area contributed by atoms with Gasteiger partial charge < -0.3 is 10.6 Å². The number of rotatable bonds is 7. The predicted octanol–water partition coefficient (Wildman–Crippen LogP) is 4.75. The minimum absolute atomic E-state index is 0.0408. The highest BCUT2D eigenvalue weighted by atomic mass is 79.9. The minimum Gasteiger partial charge on any atom is -0.317 e. The third-order valence-electron chi connectivity index (χ3n) is 4.62. The molecule has 3 nitrogen and oxygen atoms in total. The van der Waals surface area contributed by atoms with Gasteiger partial charge in [-0.15, -0.1) is 0 Å². The Balaban J connectivity index is 2.18. The van der Waals surface area contributed by atoms with Crippen LogP contribution in [0.3, 0.4) is 0 Å². The van der Waals surface area contributed by atoms with E-state index in [-0.39, 0.29) is 5.91 Å². The highest BCUT2D eigenvalue weighted by molar-refractivity contribution is 9.10. The molecular formula is C19H27BrN2O. The van der Waals surface area contributed by atoms with Gasteiger partial charge in [-0.2, -0.15) is 0 Å². The molecule has 2 N–H and O–H groups in total. The lowest BCUT2D eigenvalue weighted by Crippen LogP contribution is -2.52. The van der Waals surface area contributed by atoms with Gasteiger partial charge in [0.25, 0.3) is 0 Å². The van der Waals surface area contributed by atoms with Crippen molar-refractivity contribution in [3.05, 3.63) is 46.6 Å². The van der Waals surface area contributed by atoms with Crippen LogP contribution in [0.2, 0.25) is 0 Å². The second-order valence-corrected chi connectivity index (χ2v) is 7.47. The monoisotopic (exact) mass is 378 g/mol. The Labute approximate surface area is 148 Å². The van der Waals surface area contributed by atoms with E-state index in [1.54, 1.807) is 0 Å². The zero-order valence-corrected chi connectivity index (χ0v) is 15.6. The maximum absolute atomic E-state index is 13.1. The average molecular weight is 379 g/mol. The summed E-state index contributed by atoms with van der Waals surface area (Å²) in [6.45, 7) is 6.87. The number of carbonyl (C=O) groups excluding carboxylic acids is 1. The van der Waals surface area contributed by atoms with Gasteiger partial charge in [-0.25, -0.2) is 0 Å². The van der Waals surface area contributed by atoms with E-state index in [0.29, 0.717) is 6.54 Å². The summed E-state index contributed by atoms with van der Waals surface area (Å²) >= 11 is 3.45. The summed E-state index contributed by atoms with van der Waals surface area (Å²) < 4.78 is 1.04. The van der Waals surface area contributed by atoms with E-state index in [1.165, 1.54) is 0 Å². The highest BCUT2D eigenvalue weighted by Crippen LogP contribution is 2.31. The fourth-order valence-electron chi connectivity index (χ4n) is 3.10. The van der Waals surface area contributed by atoms with Crippen molar-refractivity contribution in [1.82, 2.24) is 4.90 Å². The molecule has 0 unspecified atom stereocenters. The number of benzene rings is 1. The predicted molar refractivity (Wildman–Crippen MR) is 98.7 cm³/mol. The van der Waals surface area contributed by atoms with E-state index in [0.717, 1.165) is 60.7 Å². The lowest BCUT2D eigenvalue weighted by molar-refractivity contribution is -0.135. The number of amides is 1. The van der Waals surface area contributed by atoms with Crippen molar-refractivity contribution in [2.45, 2.75) is 64.0 Å². The van der Waals surface area contributed by atoms with Crippen LogP contribution < -0.4 is 5.73 Å². The zero-order valence-electron chi connectivity index (χ0n) is 14.0. The first-order valence-corrected chi connectivity index (χ1v) is 9.28. The van der Waals surface area contributed by atoms with Crippen LogP contribution in [-0.4, -0.2) is 16.3 Å². The van der Waals surface area contributed by atoms with Gasteiger partial charge >= 0.3 is 0 Å². The topological polar surface area (TPSA) is 46.3 Å². The summed E-state index contributed by atoms with van der Waals surface area (Å²) in [6, 6.07) is 8.08. The number of allylic oxidation sites excluding steroid dienone is 1. The molecule has 23 heavy (non-hydrogen) atoms. The van der Waals surface area contributed by atoms with Gasteiger partial charge in [0, 0.05) is 10.2 Å². The Hall–Kier alpha value is -1.13. The van der Waals surface area contributed by atoms with Gasteiger partial charge in [-0.05, 0) is 43.4 Å². The first-order chi connectivity index (χ1) is 11.0. The van der Waals surface area contributed by atoms with E-state index < -0.39 is 5.54 Å². The van der Waals surface area contributed by atoms with E-state index >= 15 is 0 Å². The van der Waals surface area contributed by atoms with Crippen molar-refractivity contribution in [3.63, 3.8) is 0 Å². The molecule has 1 saturated carbocycles. The van der Waals surface area contributed by atoms with Gasteiger partial charge in [0.15, 0.2) is 0 Å². The number of carbonyl (C=O) groups is 1. The first-order valence-electron chi connectivity index (χ1n) is 8.49. The third-order valence-corrected chi connectivity index (χ3v) is 5.15. The van der Waals surface area contributed by atoms with Crippen molar-refractivity contribution in [1.29, 1.82) is 0 Å². The largest absolute Gasteiger partial charge is 0.317 e. The van der Waals surface area contributed by atoms with E-state index in [2.05, 4.69) is 29.4 Å². The molecule has 1 fully saturated rings. The van der Waals surface area contributed by atoms with Gasteiger partial charge in [-0.3, -0.25) is 4.79 Å². The van der Waals surface area contributed by atoms with Crippen LogP contribution in [-0.2, 0) is 11.3 Å². The summed E-state index contributed by atoms with van der Waals surface area (Å²) in [7, 11) is 0. The molecule has 0 heterocycles. The van der Waals surface area contributed by atoms with Crippen LogP contribution in [0, 0.1) is 0 Å². The summed E-state index contributed by atoms with van der Waals surface area (Å²) in [6.07, 6.45) is 6.61. The molecule has 0 saturated heterocycles. The molecule has 0 spiro atoms. The van der Waals surface area contributed by atoms with E-state index in [1.807, 2.05) is 29.2 Å². The van der Waals surface area contributed by atoms with Gasteiger partial charge in [0.2, 0.25) is 5.91 Å². The molecule has 4 heteroatoms. The van der Waals surface area contributed by atoms with E-state index in [4.69, 9.17) is 5.73 Å². The Morgan fingerprint density at radius 3 is 2.48 bits per heavy atom. The van der Waals surface area contributed by atoms with Crippen LogP contribution in [0.4, 0.5) is 0 Å². The van der Waals surface area contributed by atoms with Crippen LogP contribution in [0.1, 0.15) is 57.4 Å². The maximum Gasteiger partial charge on any atom is 0.247 e. The van der Waals surface area contributed by atoms with Crippen molar-refractivity contribution in [2.75, 3.05) is 0 Å². The molecule has 1 aromatic carbocycles. The summed E-state index contributed by atoms with van der Waals surface area (Å²) in [4.78, 5) is 14.9. The van der Waals surface area contributed by atoms with Gasteiger partial charge in [-0.1, -0.05) is 60.8 Å². The number of nitrogens with two attached hydrogens (primary N) is 1. The number of hydrogen-bond acceptors (Lipinski definition) is 2. The molecule has 2 rings (SSSR count). The van der Waals surface area contributed by atoms with E-state index in [9.17, 15) is 4.79 Å².